The van der Waals surface area contributed by atoms with Crippen molar-refractivity contribution in [3.63, 3.8) is 0 Å². The Balaban J connectivity index is 2.61. The number of benzene rings is 1. The molecule has 0 bridgehead atoms. The monoisotopic (exact) mass is 249 g/mol. The van der Waals surface area contributed by atoms with Crippen molar-refractivity contribution in [2.24, 2.45) is 0 Å². The molecule has 0 N–H and O–H groups in total. The van der Waals surface area contributed by atoms with Crippen molar-refractivity contribution in [3.05, 3.63) is 47.2 Å². The third-order valence-electron chi connectivity index (χ3n) is 2.88. The zero-order valence-electron chi connectivity index (χ0n) is 10.4. The molecule has 1 heterocycles. The Morgan fingerprint density at radius 3 is 2.22 bits per heavy atom. The molecule has 0 aliphatic carbocycles. The highest BCUT2D eigenvalue weighted by Gasteiger charge is 2.11. The standard InChI is InChI=1S/C14H13F2NO/c1-8-7-17-14(18-3)6-11(8)10-4-12(15)9(2)13(16)5-10/h4-7H,1-3H3. The molecule has 1 aromatic carbocycles. The fraction of sp³-hybridized carbons (Fsp3) is 0.214. The van der Waals surface area contributed by atoms with Crippen molar-refractivity contribution in [2.45, 2.75) is 13.8 Å². The molecule has 2 aromatic rings. The van der Waals surface area contributed by atoms with E-state index in [2.05, 4.69) is 4.98 Å². The molecule has 1 aromatic heterocycles. The number of nitrogens with zero attached hydrogens (tertiary/aromatic N) is 1. The van der Waals surface area contributed by atoms with Crippen molar-refractivity contribution in [2.75, 3.05) is 7.11 Å². The number of halogens is 2. The van der Waals surface area contributed by atoms with Crippen molar-refractivity contribution < 1.29 is 13.5 Å². The third kappa shape index (κ3) is 2.18. The molecule has 0 radical (unpaired) electrons. The fourth-order valence-electron chi connectivity index (χ4n) is 1.73. The second-order valence-electron chi connectivity index (χ2n) is 4.11. The molecule has 94 valence electrons. The molecule has 0 saturated heterocycles. The maximum absolute atomic E-state index is 13.6. The minimum absolute atomic E-state index is 0.0254. The van der Waals surface area contributed by atoms with Gasteiger partial charge in [-0.3, -0.25) is 0 Å². The summed E-state index contributed by atoms with van der Waals surface area (Å²) in [7, 11) is 1.50. The predicted octanol–water partition coefficient (Wildman–Crippen LogP) is 3.65. The van der Waals surface area contributed by atoms with E-state index in [1.165, 1.54) is 26.2 Å². The van der Waals surface area contributed by atoms with Gasteiger partial charge in [-0.05, 0) is 42.7 Å². The van der Waals surface area contributed by atoms with Crippen molar-refractivity contribution in [1.82, 2.24) is 4.98 Å². The Labute approximate surface area is 104 Å². The van der Waals surface area contributed by atoms with E-state index in [0.717, 1.165) is 5.56 Å². The van der Waals surface area contributed by atoms with Crippen LogP contribution in [0.2, 0.25) is 0 Å². The molecule has 18 heavy (non-hydrogen) atoms. The molecule has 0 spiro atoms. The van der Waals surface area contributed by atoms with Crippen LogP contribution in [0.3, 0.4) is 0 Å². The zero-order valence-corrected chi connectivity index (χ0v) is 10.4. The lowest BCUT2D eigenvalue weighted by Gasteiger charge is -2.09. The van der Waals surface area contributed by atoms with Crippen molar-refractivity contribution in [1.29, 1.82) is 0 Å². The van der Waals surface area contributed by atoms with Gasteiger partial charge in [0.2, 0.25) is 5.88 Å². The second kappa shape index (κ2) is 4.72. The Kier molecular flexibility index (Phi) is 3.28. The summed E-state index contributed by atoms with van der Waals surface area (Å²) in [6.45, 7) is 3.24. The van der Waals surface area contributed by atoms with Crippen LogP contribution >= 0.6 is 0 Å². The van der Waals surface area contributed by atoms with Gasteiger partial charge < -0.3 is 4.74 Å². The molecule has 0 saturated carbocycles. The molecule has 0 atom stereocenters. The van der Waals surface area contributed by atoms with E-state index in [9.17, 15) is 8.78 Å². The van der Waals surface area contributed by atoms with E-state index in [0.29, 0.717) is 17.0 Å². The first-order chi connectivity index (χ1) is 8.52. The van der Waals surface area contributed by atoms with Gasteiger partial charge in [-0.1, -0.05) is 0 Å². The molecular weight excluding hydrogens is 236 g/mol. The smallest absolute Gasteiger partial charge is 0.213 e. The quantitative estimate of drug-likeness (QED) is 0.810. The fourth-order valence-corrected chi connectivity index (χ4v) is 1.73. The number of hydrogen-bond acceptors (Lipinski definition) is 2. The molecular formula is C14H13F2NO. The number of hydrogen-bond donors (Lipinski definition) is 0. The van der Waals surface area contributed by atoms with Gasteiger partial charge >= 0.3 is 0 Å². The molecule has 0 fully saturated rings. The summed E-state index contributed by atoms with van der Waals surface area (Å²) < 4.78 is 32.1. The largest absolute Gasteiger partial charge is 0.481 e. The SMILES string of the molecule is COc1cc(-c2cc(F)c(C)c(F)c2)c(C)cn1. The van der Waals surface area contributed by atoms with E-state index in [4.69, 9.17) is 4.74 Å². The van der Waals surface area contributed by atoms with E-state index in [-0.39, 0.29) is 5.56 Å². The predicted molar refractivity (Wildman–Crippen MR) is 65.6 cm³/mol. The summed E-state index contributed by atoms with van der Waals surface area (Å²) in [5.74, 6) is -0.697. The van der Waals surface area contributed by atoms with Crippen LogP contribution in [0.4, 0.5) is 8.78 Å². The van der Waals surface area contributed by atoms with Gasteiger partial charge in [0.15, 0.2) is 0 Å². The Morgan fingerprint density at radius 2 is 1.67 bits per heavy atom. The topological polar surface area (TPSA) is 22.1 Å². The Bertz CT molecular complexity index is 573. The summed E-state index contributed by atoms with van der Waals surface area (Å²) >= 11 is 0. The number of pyridine rings is 1. The van der Waals surface area contributed by atoms with E-state index < -0.39 is 11.6 Å². The maximum Gasteiger partial charge on any atom is 0.213 e. The summed E-state index contributed by atoms with van der Waals surface area (Å²) in [6.07, 6.45) is 1.61. The average Bonchev–Trinajstić information content (AvgIpc) is 2.36. The van der Waals surface area contributed by atoms with Gasteiger partial charge in [0.25, 0.3) is 0 Å². The van der Waals surface area contributed by atoms with Gasteiger partial charge in [-0.2, -0.15) is 0 Å². The highest BCUT2D eigenvalue weighted by molar-refractivity contribution is 5.68. The Hall–Kier alpha value is -1.97. The van der Waals surface area contributed by atoms with Crippen LogP contribution in [0.15, 0.2) is 24.4 Å². The average molecular weight is 249 g/mol. The first kappa shape index (κ1) is 12.5. The normalized spacial score (nSPS) is 10.5. The van der Waals surface area contributed by atoms with Crippen LogP contribution in [-0.4, -0.2) is 12.1 Å². The van der Waals surface area contributed by atoms with E-state index in [1.54, 1.807) is 12.3 Å². The third-order valence-corrected chi connectivity index (χ3v) is 2.88. The van der Waals surface area contributed by atoms with Crippen LogP contribution in [0.5, 0.6) is 5.88 Å². The minimum atomic E-state index is -0.555. The summed E-state index contributed by atoms with van der Waals surface area (Å²) in [4.78, 5) is 4.04. The number of aryl methyl sites for hydroxylation is 1. The highest BCUT2D eigenvalue weighted by atomic mass is 19.1. The molecule has 0 amide bonds. The van der Waals surface area contributed by atoms with Crippen LogP contribution < -0.4 is 4.74 Å². The maximum atomic E-state index is 13.6. The van der Waals surface area contributed by atoms with Gasteiger partial charge in [0.1, 0.15) is 11.6 Å². The number of aromatic nitrogens is 1. The van der Waals surface area contributed by atoms with Crippen LogP contribution in [0, 0.1) is 25.5 Å². The molecule has 4 heteroatoms. The molecule has 2 nitrogen and oxygen atoms in total. The molecule has 0 unspecified atom stereocenters. The van der Waals surface area contributed by atoms with Crippen molar-refractivity contribution >= 4 is 0 Å². The number of methoxy groups -OCH3 is 1. The minimum Gasteiger partial charge on any atom is -0.481 e. The lowest BCUT2D eigenvalue weighted by Crippen LogP contribution is -1.94. The molecule has 2 rings (SSSR count). The lowest BCUT2D eigenvalue weighted by molar-refractivity contribution is 0.398. The van der Waals surface area contributed by atoms with Gasteiger partial charge in [0, 0.05) is 17.8 Å². The van der Waals surface area contributed by atoms with E-state index >= 15 is 0 Å². The first-order valence-electron chi connectivity index (χ1n) is 5.49. The summed E-state index contributed by atoms with van der Waals surface area (Å²) in [5.41, 5.74) is 2.05. The highest BCUT2D eigenvalue weighted by Crippen LogP contribution is 2.28. The van der Waals surface area contributed by atoms with Gasteiger partial charge in [-0.15, -0.1) is 0 Å². The summed E-state index contributed by atoms with van der Waals surface area (Å²) in [6, 6.07) is 4.30. The number of ether oxygens (including phenoxy) is 1. The van der Waals surface area contributed by atoms with Crippen molar-refractivity contribution in [3.8, 4) is 17.0 Å². The molecule has 0 aliphatic rings. The second-order valence-corrected chi connectivity index (χ2v) is 4.11. The van der Waals surface area contributed by atoms with Gasteiger partial charge in [0.05, 0.1) is 7.11 Å². The van der Waals surface area contributed by atoms with Crippen LogP contribution in [0.25, 0.3) is 11.1 Å². The summed E-state index contributed by atoms with van der Waals surface area (Å²) in [5, 5.41) is 0. The van der Waals surface area contributed by atoms with Gasteiger partial charge in [-0.25, -0.2) is 13.8 Å². The zero-order chi connectivity index (χ0) is 13.3. The molecule has 0 aliphatic heterocycles. The first-order valence-corrected chi connectivity index (χ1v) is 5.49. The lowest BCUT2D eigenvalue weighted by atomic mass is 10.0. The van der Waals surface area contributed by atoms with Crippen LogP contribution in [-0.2, 0) is 0 Å². The number of rotatable bonds is 2. The Morgan fingerprint density at radius 1 is 1.06 bits per heavy atom. The van der Waals surface area contributed by atoms with E-state index in [1.807, 2.05) is 6.92 Å². The van der Waals surface area contributed by atoms with Crippen LogP contribution in [0.1, 0.15) is 11.1 Å².